The van der Waals surface area contributed by atoms with Crippen molar-refractivity contribution in [3.8, 4) is 23.0 Å². The maximum Gasteiger partial charge on any atom is 0.323 e. The number of ether oxygens (including phenoxy) is 3. The van der Waals surface area contributed by atoms with Gasteiger partial charge in [0.2, 0.25) is 10.0 Å². The van der Waals surface area contributed by atoms with Gasteiger partial charge in [-0.25, -0.2) is 18.2 Å². The zero-order chi connectivity index (χ0) is 43.2. The molecule has 0 radical (unpaired) electrons. The van der Waals surface area contributed by atoms with Crippen LogP contribution in [0.25, 0.3) is 10.8 Å². The van der Waals surface area contributed by atoms with Gasteiger partial charge in [0, 0.05) is 81.1 Å². The Morgan fingerprint density at radius 3 is 2.22 bits per heavy atom. The molecule has 1 aliphatic rings. The number of nitrogens with one attached hydrogen (secondary N) is 4. The van der Waals surface area contributed by atoms with Crippen molar-refractivity contribution >= 4 is 61.3 Å². The third-order valence-corrected chi connectivity index (χ3v) is 10.8. The monoisotopic (exact) mass is 838 g/mol. The van der Waals surface area contributed by atoms with Gasteiger partial charge in [0.1, 0.15) is 23.1 Å². The van der Waals surface area contributed by atoms with Gasteiger partial charge in [-0.3, -0.25) is 14.4 Å². The predicted octanol–water partition coefficient (Wildman–Crippen LogP) is 7.42. The molecular formula is C44H54N8O7S. The molecule has 5 aromatic rings. The zero-order valence-electron chi connectivity index (χ0n) is 35.4. The minimum Gasteiger partial charge on any atom is -0.496 e. The molecule has 16 heteroatoms. The van der Waals surface area contributed by atoms with Gasteiger partial charge < -0.3 is 40.0 Å². The second kappa shape index (κ2) is 18.4. The number of sulfonamides is 1. The smallest absolute Gasteiger partial charge is 0.323 e. The number of piperazine rings is 1. The van der Waals surface area contributed by atoms with E-state index in [1.54, 1.807) is 66.7 Å². The molecule has 2 heterocycles. The van der Waals surface area contributed by atoms with Crippen molar-refractivity contribution < 1.29 is 32.2 Å². The summed E-state index contributed by atoms with van der Waals surface area (Å²) in [5.74, 6) is 2.08. The Labute approximate surface area is 352 Å². The Hall–Kier alpha value is -6.10. The Morgan fingerprint density at radius 2 is 1.53 bits per heavy atom. The molecule has 1 aliphatic heterocycles. The molecule has 1 saturated heterocycles. The summed E-state index contributed by atoms with van der Waals surface area (Å²) in [6.07, 6.45) is 2.68. The van der Waals surface area contributed by atoms with Crippen LogP contribution in [0.3, 0.4) is 0 Å². The van der Waals surface area contributed by atoms with Crippen molar-refractivity contribution in [2.24, 2.45) is 0 Å². The zero-order valence-corrected chi connectivity index (χ0v) is 36.2. The molecule has 0 unspecified atom stereocenters. The summed E-state index contributed by atoms with van der Waals surface area (Å²) >= 11 is 0. The summed E-state index contributed by atoms with van der Waals surface area (Å²) in [4.78, 5) is 37.8. The molecule has 1 fully saturated rings. The number of amides is 3. The lowest BCUT2D eigenvalue weighted by atomic mass is 9.86. The van der Waals surface area contributed by atoms with E-state index in [0.717, 1.165) is 55.3 Å². The first-order chi connectivity index (χ1) is 28.5. The predicted molar refractivity (Wildman–Crippen MR) is 238 cm³/mol. The van der Waals surface area contributed by atoms with Gasteiger partial charge in [-0.15, -0.1) is 0 Å². The molecule has 318 valence electrons. The first kappa shape index (κ1) is 43.5. The molecule has 4 aromatic carbocycles. The highest BCUT2D eigenvalue weighted by Crippen LogP contribution is 2.40. The lowest BCUT2D eigenvalue weighted by Crippen LogP contribution is -2.47. The number of hydrogen-bond donors (Lipinski definition) is 4. The molecule has 4 N–H and O–H groups in total. The Bertz CT molecular complexity index is 2470. The van der Waals surface area contributed by atoms with E-state index in [9.17, 15) is 18.0 Å². The normalized spacial score (nSPS) is 13.7. The van der Waals surface area contributed by atoms with Crippen molar-refractivity contribution in [1.29, 1.82) is 0 Å². The van der Waals surface area contributed by atoms with Crippen LogP contribution in [0.5, 0.6) is 23.0 Å². The minimum atomic E-state index is -3.64. The van der Waals surface area contributed by atoms with Crippen LogP contribution in [-0.4, -0.2) is 114 Å². The number of carbonyl (C=O) groups excluding carboxylic acids is 2. The van der Waals surface area contributed by atoms with Crippen LogP contribution in [0.15, 0.2) is 85.1 Å². The highest BCUT2D eigenvalue weighted by atomic mass is 32.2. The number of methoxy groups -OCH3 is 2. The Kier molecular flexibility index (Phi) is 13.4. The number of carbonyl (C=O) groups is 2. The lowest BCUT2D eigenvalue weighted by Gasteiger charge is -2.33. The Balaban J connectivity index is 1.15. The van der Waals surface area contributed by atoms with Crippen molar-refractivity contribution in [2.75, 3.05) is 94.5 Å². The number of nitrogens with zero attached hydrogens (tertiary/aromatic N) is 4. The van der Waals surface area contributed by atoms with E-state index in [0.29, 0.717) is 52.2 Å². The van der Waals surface area contributed by atoms with Crippen molar-refractivity contribution in [1.82, 2.24) is 19.7 Å². The molecular weight excluding hydrogens is 785 g/mol. The van der Waals surface area contributed by atoms with Crippen LogP contribution < -0.4 is 34.9 Å². The maximum absolute atomic E-state index is 13.5. The molecule has 0 spiro atoms. The van der Waals surface area contributed by atoms with Crippen molar-refractivity contribution in [3.63, 3.8) is 0 Å². The van der Waals surface area contributed by atoms with Gasteiger partial charge in [0.25, 0.3) is 5.91 Å². The number of hydrogen-bond acceptors (Lipinski definition) is 11. The molecule has 15 nitrogen and oxygen atoms in total. The van der Waals surface area contributed by atoms with Crippen molar-refractivity contribution in [2.45, 2.75) is 26.2 Å². The van der Waals surface area contributed by atoms with Crippen LogP contribution in [0.4, 0.5) is 33.4 Å². The average molecular weight is 839 g/mol. The minimum absolute atomic E-state index is 0.112. The number of urea groups is 1. The first-order valence-corrected chi connectivity index (χ1v) is 21.5. The van der Waals surface area contributed by atoms with Gasteiger partial charge in [-0.2, -0.15) is 0 Å². The highest BCUT2D eigenvalue weighted by Gasteiger charge is 2.23. The van der Waals surface area contributed by atoms with Gasteiger partial charge in [0.15, 0.2) is 5.75 Å². The largest absolute Gasteiger partial charge is 0.496 e. The van der Waals surface area contributed by atoms with Crippen molar-refractivity contribution in [3.05, 3.63) is 96.2 Å². The summed E-state index contributed by atoms with van der Waals surface area (Å²) in [6, 6.07) is 22.8. The topological polar surface area (TPSA) is 167 Å². The fraction of sp³-hybridized carbons (Fsp3) is 0.341. The van der Waals surface area contributed by atoms with Crippen LogP contribution >= 0.6 is 0 Å². The van der Waals surface area contributed by atoms with E-state index in [1.165, 1.54) is 7.11 Å². The third-order valence-electron chi connectivity index (χ3n) is 10.2. The summed E-state index contributed by atoms with van der Waals surface area (Å²) in [5.41, 5.74) is 2.59. The maximum atomic E-state index is 13.5. The first-order valence-electron chi connectivity index (χ1n) is 19.6. The molecule has 0 saturated carbocycles. The van der Waals surface area contributed by atoms with Crippen LogP contribution in [0, 0.1) is 0 Å². The number of fused-ring (bicyclic) bond motifs is 1. The molecule has 1 aromatic heterocycles. The molecule has 60 heavy (non-hydrogen) atoms. The molecule has 3 amide bonds. The van der Waals surface area contributed by atoms with E-state index in [2.05, 4.69) is 42.5 Å². The number of likely N-dealkylation sites (N-methyl/N-ethyl adjacent to an activating group) is 2. The average Bonchev–Trinajstić information content (AvgIpc) is 3.20. The van der Waals surface area contributed by atoms with Crippen LogP contribution in [0.2, 0.25) is 0 Å². The second-order valence-electron chi connectivity index (χ2n) is 15.9. The SMILES string of the molecule is COc1cc(Nc2cc(Oc3ccc(NC(=O)Nc4cc(C(C)(C)C)cc(NS(C)(=O)=O)c4OC)c4ccccc34)ccn2)ccc1C(=O)N(C)CCN1CCN(C)CC1. The Morgan fingerprint density at radius 1 is 0.833 bits per heavy atom. The van der Waals surface area contributed by atoms with E-state index in [1.807, 2.05) is 58.2 Å². The van der Waals surface area contributed by atoms with Gasteiger partial charge in [0.05, 0.1) is 43.1 Å². The number of anilines is 5. The molecule has 0 bridgehead atoms. The molecule has 0 aliphatic carbocycles. The van der Waals surface area contributed by atoms with Crippen LogP contribution in [-0.2, 0) is 15.4 Å². The summed E-state index contributed by atoms with van der Waals surface area (Å²) in [6.45, 7) is 11.4. The number of aromatic nitrogens is 1. The quantitative estimate of drug-likeness (QED) is 0.0879. The summed E-state index contributed by atoms with van der Waals surface area (Å²) in [7, 11) is 3.25. The fourth-order valence-electron chi connectivity index (χ4n) is 6.83. The number of pyridine rings is 1. The number of benzene rings is 4. The van der Waals surface area contributed by atoms with Crippen LogP contribution in [0.1, 0.15) is 36.7 Å². The van der Waals surface area contributed by atoms with E-state index >= 15 is 0 Å². The van der Waals surface area contributed by atoms with Gasteiger partial charge in [-0.1, -0.05) is 45.0 Å². The summed E-state index contributed by atoms with van der Waals surface area (Å²) in [5, 5.41) is 10.5. The third kappa shape index (κ3) is 10.9. The molecule has 6 rings (SSSR count). The second-order valence-corrected chi connectivity index (χ2v) is 17.6. The van der Waals surface area contributed by atoms with Gasteiger partial charge >= 0.3 is 6.03 Å². The fourth-order valence-corrected chi connectivity index (χ4v) is 7.38. The summed E-state index contributed by atoms with van der Waals surface area (Å²) < 4.78 is 44.5. The van der Waals surface area contributed by atoms with Gasteiger partial charge in [-0.05, 0) is 60.5 Å². The van der Waals surface area contributed by atoms with E-state index in [-0.39, 0.29) is 22.8 Å². The lowest BCUT2D eigenvalue weighted by molar-refractivity contribution is 0.0756. The standard InChI is InChI=1S/C44H54N8O7S/c1-44(2,3)29-25-36(41(58-7)37(26-29)49-60(8,55)56)48-43(54)47-35-15-16-38(33-12-10-9-11-32(33)35)59-31-17-18-45-40(28-31)46-30-13-14-34(39(27-30)57-6)42(53)51(5)21-24-52-22-19-50(4)20-23-52/h9-18,25-28,49H,19-24H2,1-8H3,(H,45,46)(H2,47,48,54). The highest BCUT2D eigenvalue weighted by molar-refractivity contribution is 7.92. The number of rotatable bonds is 14. The van der Waals surface area contributed by atoms with E-state index < -0.39 is 16.1 Å². The van der Waals surface area contributed by atoms with E-state index in [4.69, 9.17) is 14.2 Å². The molecule has 0 atom stereocenters.